The van der Waals surface area contributed by atoms with Crippen molar-refractivity contribution in [1.82, 2.24) is 24.6 Å². The van der Waals surface area contributed by atoms with Crippen molar-refractivity contribution in [2.24, 2.45) is 5.92 Å². The molecule has 0 unspecified atom stereocenters. The Morgan fingerprint density at radius 1 is 1.10 bits per heavy atom. The summed E-state index contributed by atoms with van der Waals surface area (Å²) in [6, 6.07) is 5.36. The van der Waals surface area contributed by atoms with E-state index in [1.807, 2.05) is 12.1 Å². The molecule has 1 aliphatic carbocycles. The van der Waals surface area contributed by atoms with Gasteiger partial charge in [0.1, 0.15) is 11.5 Å². The fourth-order valence-corrected chi connectivity index (χ4v) is 4.63. The fourth-order valence-electron chi connectivity index (χ4n) is 4.63. The second-order valence-corrected chi connectivity index (χ2v) is 8.46. The summed E-state index contributed by atoms with van der Waals surface area (Å²) in [6.45, 7) is 3.68. The van der Waals surface area contributed by atoms with E-state index >= 15 is 0 Å². The zero-order chi connectivity index (χ0) is 20.3. The topological polar surface area (TPSA) is 77.1 Å². The van der Waals surface area contributed by atoms with Crippen LogP contribution in [0.2, 0.25) is 0 Å². The Labute approximate surface area is 175 Å². The van der Waals surface area contributed by atoms with Gasteiger partial charge in [0.15, 0.2) is 0 Å². The van der Waals surface area contributed by atoms with Crippen LogP contribution in [0.15, 0.2) is 46.2 Å². The summed E-state index contributed by atoms with van der Waals surface area (Å²) in [7, 11) is 0. The lowest BCUT2D eigenvalue weighted by Gasteiger charge is -2.31. The van der Waals surface area contributed by atoms with Crippen molar-refractivity contribution in [3.8, 4) is 11.3 Å². The molecule has 0 atom stereocenters. The maximum absolute atomic E-state index is 12.6. The van der Waals surface area contributed by atoms with Crippen LogP contribution in [-0.2, 0) is 25.9 Å². The number of hydrogen-bond donors (Lipinski definition) is 0. The molecule has 4 heterocycles. The number of piperidine rings is 1. The number of hydrogen-bond acceptors (Lipinski definition) is 6. The first-order valence-electron chi connectivity index (χ1n) is 10.9. The van der Waals surface area contributed by atoms with E-state index in [9.17, 15) is 4.79 Å². The molecule has 3 aromatic heterocycles. The normalized spacial score (nSPS) is 17.7. The van der Waals surface area contributed by atoms with Crippen molar-refractivity contribution in [2.45, 2.75) is 51.6 Å². The number of pyridine rings is 1. The van der Waals surface area contributed by atoms with E-state index < -0.39 is 0 Å². The van der Waals surface area contributed by atoms with E-state index in [1.165, 1.54) is 18.4 Å². The number of aryl methyl sites for hydroxylation is 1. The molecule has 0 saturated carbocycles. The predicted molar refractivity (Wildman–Crippen MR) is 113 cm³/mol. The van der Waals surface area contributed by atoms with Gasteiger partial charge in [-0.25, -0.2) is 4.98 Å². The predicted octanol–water partition coefficient (Wildman–Crippen LogP) is 3.08. The van der Waals surface area contributed by atoms with Gasteiger partial charge in [-0.15, -0.1) is 0 Å². The third-order valence-corrected chi connectivity index (χ3v) is 6.42. The first-order chi connectivity index (χ1) is 14.8. The van der Waals surface area contributed by atoms with E-state index in [2.05, 4.69) is 20.0 Å². The molecule has 2 aliphatic rings. The molecular weight excluding hydrogens is 378 g/mol. The summed E-state index contributed by atoms with van der Waals surface area (Å²) in [5, 5.41) is 4.35. The molecule has 1 aliphatic heterocycles. The Bertz CT molecular complexity index is 1050. The van der Waals surface area contributed by atoms with Gasteiger partial charge in [0.2, 0.25) is 0 Å². The first-order valence-corrected chi connectivity index (χ1v) is 10.9. The minimum atomic E-state index is 0.00784. The molecule has 3 aromatic rings. The molecule has 1 saturated heterocycles. The molecule has 0 amide bonds. The van der Waals surface area contributed by atoms with Gasteiger partial charge in [-0.1, -0.05) is 5.16 Å². The monoisotopic (exact) mass is 405 g/mol. The Morgan fingerprint density at radius 2 is 1.90 bits per heavy atom. The number of rotatable bonds is 5. The third-order valence-electron chi connectivity index (χ3n) is 6.42. The standard InChI is InChI=1S/C23H27N5O2/c29-23-13-20(18-5-9-24-10-6-18)25-16-28(23)14-17-7-11-27(12-8-17)15-21-19-3-1-2-4-22(19)30-26-21/h5-6,9-10,13,16-17H,1-4,7-8,11-12,14-15H2. The average Bonchev–Trinajstić information content (AvgIpc) is 3.20. The summed E-state index contributed by atoms with van der Waals surface area (Å²) in [5.74, 6) is 1.60. The Kier molecular flexibility index (Phi) is 5.45. The molecular formula is C23H27N5O2. The first kappa shape index (κ1) is 19.2. The Hall–Kier alpha value is -2.80. The summed E-state index contributed by atoms with van der Waals surface area (Å²) >= 11 is 0. The maximum Gasteiger partial charge on any atom is 0.253 e. The smallest absolute Gasteiger partial charge is 0.253 e. The molecule has 0 aromatic carbocycles. The van der Waals surface area contributed by atoms with E-state index in [0.717, 1.165) is 68.9 Å². The molecule has 0 spiro atoms. The van der Waals surface area contributed by atoms with Crippen LogP contribution in [0.25, 0.3) is 11.3 Å². The highest BCUT2D eigenvalue weighted by molar-refractivity contribution is 5.57. The lowest BCUT2D eigenvalue weighted by atomic mass is 9.94. The molecule has 1 fully saturated rings. The summed E-state index contributed by atoms with van der Waals surface area (Å²) in [4.78, 5) is 23.5. The van der Waals surface area contributed by atoms with Crippen LogP contribution in [0.5, 0.6) is 0 Å². The average molecular weight is 406 g/mol. The van der Waals surface area contributed by atoms with Crippen molar-refractivity contribution in [3.05, 3.63) is 64.3 Å². The minimum absolute atomic E-state index is 0.00784. The van der Waals surface area contributed by atoms with Gasteiger partial charge < -0.3 is 4.52 Å². The van der Waals surface area contributed by atoms with Gasteiger partial charge in [-0.2, -0.15) is 0 Å². The van der Waals surface area contributed by atoms with Crippen molar-refractivity contribution in [3.63, 3.8) is 0 Å². The minimum Gasteiger partial charge on any atom is -0.361 e. The summed E-state index contributed by atoms with van der Waals surface area (Å²) in [6.07, 6.45) is 11.9. The van der Waals surface area contributed by atoms with Crippen molar-refractivity contribution >= 4 is 0 Å². The van der Waals surface area contributed by atoms with E-state index in [1.54, 1.807) is 29.4 Å². The van der Waals surface area contributed by atoms with Crippen LogP contribution >= 0.6 is 0 Å². The molecule has 30 heavy (non-hydrogen) atoms. The van der Waals surface area contributed by atoms with Gasteiger partial charge >= 0.3 is 0 Å². The molecule has 0 bridgehead atoms. The SMILES string of the molecule is O=c1cc(-c2ccncc2)ncn1CC1CCN(Cc2noc3c2CCCC3)CC1. The van der Waals surface area contributed by atoms with Gasteiger partial charge in [0.05, 0.1) is 12.0 Å². The molecule has 7 nitrogen and oxygen atoms in total. The highest BCUT2D eigenvalue weighted by Crippen LogP contribution is 2.27. The largest absolute Gasteiger partial charge is 0.361 e. The van der Waals surface area contributed by atoms with Crippen molar-refractivity contribution in [1.29, 1.82) is 0 Å². The number of fused-ring (bicyclic) bond motifs is 1. The highest BCUT2D eigenvalue weighted by Gasteiger charge is 2.24. The summed E-state index contributed by atoms with van der Waals surface area (Å²) in [5.41, 5.74) is 4.11. The van der Waals surface area contributed by atoms with Crippen LogP contribution in [0.3, 0.4) is 0 Å². The van der Waals surface area contributed by atoms with Crippen LogP contribution in [0, 0.1) is 5.92 Å². The Balaban J connectivity index is 1.18. The highest BCUT2D eigenvalue weighted by atomic mass is 16.5. The number of likely N-dealkylation sites (tertiary alicyclic amines) is 1. The van der Waals surface area contributed by atoms with E-state index in [-0.39, 0.29) is 5.56 Å². The molecule has 0 radical (unpaired) electrons. The number of nitrogens with zero attached hydrogens (tertiary/aromatic N) is 5. The molecule has 5 rings (SSSR count). The molecule has 7 heteroatoms. The zero-order valence-electron chi connectivity index (χ0n) is 17.2. The lowest BCUT2D eigenvalue weighted by Crippen LogP contribution is -2.36. The lowest BCUT2D eigenvalue weighted by molar-refractivity contribution is 0.162. The van der Waals surface area contributed by atoms with Crippen LogP contribution in [0.1, 0.15) is 42.7 Å². The zero-order valence-corrected chi connectivity index (χ0v) is 17.2. The second-order valence-electron chi connectivity index (χ2n) is 8.46. The molecule has 156 valence electrons. The van der Waals surface area contributed by atoms with Crippen LogP contribution in [0.4, 0.5) is 0 Å². The van der Waals surface area contributed by atoms with Crippen molar-refractivity contribution < 1.29 is 4.52 Å². The van der Waals surface area contributed by atoms with Crippen LogP contribution in [-0.4, -0.2) is 37.7 Å². The maximum atomic E-state index is 12.6. The van der Waals surface area contributed by atoms with Gasteiger partial charge in [-0.3, -0.25) is 19.2 Å². The van der Waals surface area contributed by atoms with E-state index in [0.29, 0.717) is 11.6 Å². The van der Waals surface area contributed by atoms with Gasteiger partial charge in [0, 0.05) is 49.1 Å². The quantitative estimate of drug-likeness (QED) is 0.649. The van der Waals surface area contributed by atoms with Gasteiger partial charge in [0.25, 0.3) is 5.56 Å². The van der Waals surface area contributed by atoms with Gasteiger partial charge in [-0.05, 0) is 63.2 Å². The third kappa shape index (κ3) is 4.07. The Morgan fingerprint density at radius 3 is 2.70 bits per heavy atom. The second kappa shape index (κ2) is 8.52. The van der Waals surface area contributed by atoms with Crippen LogP contribution < -0.4 is 5.56 Å². The number of aromatic nitrogens is 4. The van der Waals surface area contributed by atoms with E-state index in [4.69, 9.17) is 4.52 Å². The van der Waals surface area contributed by atoms with Crippen molar-refractivity contribution in [2.75, 3.05) is 13.1 Å². The summed E-state index contributed by atoms with van der Waals surface area (Å²) < 4.78 is 7.31. The molecule has 0 N–H and O–H groups in total. The fraction of sp³-hybridized carbons (Fsp3) is 0.478.